The van der Waals surface area contributed by atoms with Crippen molar-refractivity contribution in [1.29, 1.82) is 0 Å². The molecule has 0 aromatic carbocycles. The van der Waals surface area contributed by atoms with Crippen molar-refractivity contribution in [2.75, 3.05) is 24.6 Å². The smallest absolute Gasteiger partial charge is 0.161 e. The second kappa shape index (κ2) is 5.79. The third-order valence-electron chi connectivity index (χ3n) is 3.43. The van der Waals surface area contributed by atoms with Crippen LogP contribution in [0.1, 0.15) is 30.2 Å². The zero-order valence-corrected chi connectivity index (χ0v) is 12.5. The van der Waals surface area contributed by atoms with Gasteiger partial charge in [0, 0.05) is 19.7 Å². The lowest BCUT2D eigenvalue weighted by Crippen LogP contribution is -2.33. The summed E-state index contributed by atoms with van der Waals surface area (Å²) in [5.74, 6) is 0.785. The SMILES string of the molecule is Cc1nnc(N2CCCOC(C)C2)c(C(N)=S)c1C. The van der Waals surface area contributed by atoms with Crippen LogP contribution in [0.2, 0.25) is 0 Å². The van der Waals surface area contributed by atoms with Crippen LogP contribution in [0.4, 0.5) is 5.82 Å². The van der Waals surface area contributed by atoms with E-state index in [4.69, 9.17) is 22.7 Å². The predicted octanol–water partition coefficient (Wildman–Crippen LogP) is 1.34. The maximum atomic E-state index is 5.87. The Balaban J connectivity index is 2.43. The van der Waals surface area contributed by atoms with Gasteiger partial charge in [0.25, 0.3) is 0 Å². The molecule has 2 N–H and O–H groups in total. The Morgan fingerprint density at radius 2 is 2.16 bits per heavy atom. The number of hydrogen-bond donors (Lipinski definition) is 1. The molecule has 19 heavy (non-hydrogen) atoms. The minimum Gasteiger partial charge on any atom is -0.389 e. The Morgan fingerprint density at radius 3 is 2.84 bits per heavy atom. The monoisotopic (exact) mass is 280 g/mol. The Hall–Kier alpha value is -1.27. The fraction of sp³-hybridized carbons (Fsp3) is 0.615. The van der Waals surface area contributed by atoms with Gasteiger partial charge >= 0.3 is 0 Å². The summed E-state index contributed by atoms with van der Waals surface area (Å²) in [6.07, 6.45) is 1.14. The lowest BCUT2D eigenvalue weighted by Gasteiger charge is -2.25. The van der Waals surface area contributed by atoms with Crippen molar-refractivity contribution in [1.82, 2.24) is 10.2 Å². The molecule has 0 aliphatic carbocycles. The summed E-state index contributed by atoms with van der Waals surface area (Å²) in [6.45, 7) is 8.41. The van der Waals surface area contributed by atoms with Gasteiger partial charge in [0.05, 0.1) is 17.4 Å². The zero-order chi connectivity index (χ0) is 14.0. The Kier molecular flexibility index (Phi) is 4.31. The summed E-state index contributed by atoms with van der Waals surface area (Å²) < 4.78 is 5.65. The highest BCUT2D eigenvalue weighted by atomic mass is 32.1. The van der Waals surface area contributed by atoms with E-state index in [0.717, 1.165) is 48.8 Å². The minimum atomic E-state index is 0.171. The predicted molar refractivity (Wildman–Crippen MR) is 79.6 cm³/mol. The summed E-state index contributed by atoms with van der Waals surface area (Å²) in [5, 5.41) is 8.52. The first kappa shape index (κ1) is 14.1. The van der Waals surface area contributed by atoms with E-state index in [0.29, 0.717) is 4.99 Å². The van der Waals surface area contributed by atoms with Gasteiger partial charge in [0.1, 0.15) is 4.99 Å². The summed E-state index contributed by atoms with van der Waals surface area (Å²) in [7, 11) is 0. The normalized spacial score (nSPS) is 20.2. The average molecular weight is 280 g/mol. The number of thiocarbonyl (C=S) groups is 1. The molecule has 1 aromatic rings. The first-order valence-electron chi connectivity index (χ1n) is 6.51. The second-order valence-electron chi connectivity index (χ2n) is 4.95. The van der Waals surface area contributed by atoms with Gasteiger partial charge in [0.15, 0.2) is 5.82 Å². The third kappa shape index (κ3) is 3.01. The van der Waals surface area contributed by atoms with Gasteiger partial charge in [-0.1, -0.05) is 12.2 Å². The van der Waals surface area contributed by atoms with E-state index < -0.39 is 0 Å². The van der Waals surface area contributed by atoms with Gasteiger partial charge in [0.2, 0.25) is 0 Å². The number of anilines is 1. The van der Waals surface area contributed by atoms with E-state index >= 15 is 0 Å². The van der Waals surface area contributed by atoms with Crippen molar-refractivity contribution in [3.63, 3.8) is 0 Å². The number of aromatic nitrogens is 2. The first-order valence-corrected chi connectivity index (χ1v) is 6.91. The van der Waals surface area contributed by atoms with E-state index in [2.05, 4.69) is 22.0 Å². The first-order chi connectivity index (χ1) is 9.00. The molecule has 0 saturated carbocycles. The van der Waals surface area contributed by atoms with Crippen LogP contribution in [0.5, 0.6) is 0 Å². The van der Waals surface area contributed by atoms with E-state index in [-0.39, 0.29) is 6.10 Å². The number of nitrogens with zero attached hydrogens (tertiary/aromatic N) is 3. The van der Waals surface area contributed by atoms with Gasteiger partial charge in [-0.25, -0.2) is 0 Å². The molecule has 1 unspecified atom stereocenters. The Bertz CT molecular complexity index is 492. The average Bonchev–Trinajstić information content (AvgIpc) is 2.56. The minimum absolute atomic E-state index is 0.171. The molecule has 0 bridgehead atoms. The number of nitrogens with two attached hydrogens (primary N) is 1. The van der Waals surface area contributed by atoms with Crippen LogP contribution < -0.4 is 10.6 Å². The van der Waals surface area contributed by atoms with Crippen molar-refractivity contribution in [3.8, 4) is 0 Å². The Morgan fingerprint density at radius 1 is 1.42 bits per heavy atom. The van der Waals surface area contributed by atoms with Crippen molar-refractivity contribution < 1.29 is 4.74 Å². The second-order valence-corrected chi connectivity index (χ2v) is 5.39. The number of hydrogen-bond acceptors (Lipinski definition) is 5. The summed E-state index contributed by atoms with van der Waals surface area (Å²) in [5.41, 5.74) is 8.59. The van der Waals surface area contributed by atoms with Crippen LogP contribution >= 0.6 is 12.2 Å². The van der Waals surface area contributed by atoms with Gasteiger partial charge in [-0.05, 0) is 32.8 Å². The van der Waals surface area contributed by atoms with Gasteiger partial charge in [-0.3, -0.25) is 0 Å². The van der Waals surface area contributed by atoms with Crippen LogP contribution in [0.25, 0.3) is 0 Å². The number of aryl methyl sites for hydroxylation is 1. The van der Waals surface area contributed by atoms with Crippen molar-refractivity contribution in [3.05, 3.63) is 16.8 Å². The molecule has 1 aromatic heterocycles. The molecule has 1 saturated heterocycles. The molecule has 104 valence electrons. The molecule has 0 radical (unpaired) electrons. The van der Waals surface area contributed by atoms with E-state index in [1.54, 1.807) is 0 Å². The van der Waals surface area contributed by atoms with Crippen LogP contribution in [0.15, 0.2) is 0 Å². The van der Waals surface area contributed by atoms with Crippen LogP contribution in [-0.2, 0) is 4.74 Å². The van der Waals surface area contributed by atoms with E-state index in [9.17, 15) is 0 Å². The molecular weight excluding hydrogens is 260 g/mol. The lowest BCUT2D eigenvalue weighted by molar-refractivity contribution is 0.0820. The van der Waals surface area contributed by atoms with Crippen LogP contribution in [-0.4, -0.2) is 41.0 Å². The zero-order valence-electron chi connectivity index (χ0n) is 11.6. The number of rotatable bonds is 2. The quantitative estimate of drug-likeness (QED) is 0.825. The van der Waals surface area contributed by atoms with Gasteiger partial charge < -0.3 is 15.4 Å². The number of ether oxygens (including phenoxy) is 1. The maximum Gasteiger partial charge on any atom is 0.161 e. The highest BCUT2D eigenvalue weighted by Gasteiger charge is 2.22. The highest BCUT2D eigenvalue weighted by molar-refractivity contribution is 7.80. The molecule has 1 aliphatic rings. The molecule has 6 heteroatoms. The summed E-state index contributed by atoms with van der Waals surface area (Å²) >= 11 is 5.18. The molecule has 2 rings (SSSR count). The van der Waals surface area contributed by atoms with Crippen molar-refractivity contribution in [2.24, 2.45) is 5.73 Å². The standard InChI is InChI=1S/C13H20N4OS/c1-8-7-17(5-4-6-18-8)13-11(12(14)19)9(2)10(3)15-16-13/h8H,4-7H2,1-3H3,(H2,14,19). The summed E-state index contributed by atoms with van der Waals surface area (Å²) in [4.78, 5) is 2.55. The topological polar surface area (TPSA) is 64.3 Å². The highest BCUT2D eigenvalue weighted by Crippen LogP contribution is 2.23. The molecule has 5 nitrogen and oxygen atoms in total. The third-order valence-corrected chi connectivity index (χ3v) is 3.64. The van der Waals surface area contributed by atoms with E-state index in [1.165, 1.54) is 0 Å². The van der Waals surface area contributed by atoms with Crippen molar-refractivity contribution in [2.45, 2.75) is 33.3 Å². The van der Waals surface area contributed by atoms with Crippen molar-refractivity contribution >= 4 is 23.0 Å². The van der Waals surface area contributed by atoms with Gasteiger partial charge in [-0.15, -0.1) is 5.10 Å². The molecule has 0 spiro atoms. The molecule has 1 atom stereocenters. The maximum absolute atomic E-state index is 5.87. The summed E-state index contributed by atoms with van der Waals surface area (Å²) in [6, 6.07) is 0. The molecular formula is C13H20N4OS. The molecule has 2 heterocycles. The molecule has 0 amide bonds. The fourth-order valence-corrected chi connectivity index (χ4v) is 2.54. The lowest BCUT2D eigenvalue weighted by atomic mass is 10.1. The van der Waals surface area contributed by atoms with Crippen LogP contribution in [0.3, 0.4) is 0 Å². The Labute approximate surface area is 119 Å². The molecule has 1 aliphatic heterocycles. The fourth-order valence-electron chi connectivity index (χ4n) is 2.30. The van der Waals surface area contributed by atoms with Gasteiger partial charge in [-0.2, -0.15) is 5.10 Å². The van der Waals surface area contributed by atoms with Crippen LogP contribution in [0, 0.1) is 13.8 Å². The van der Waals surface area contributed by atoms with E-state index in [1.807, 2.05) is 13.8 Å². The largest absolute Gasteiger partial charge is 0.389 e. The molecule has 1 fully saturated rings.